The third-order valence-electron chi connectivity index (χ3n) is 4.47. The fraction of sp³-hybridized carbons (Fsp3) is 0.643. The Morgan fingerprint density at radius 3 is 3.00 bits per heavy atom. The highest BCUT2D eigenvalue weighted by atomic mass is 32.2. The molecule has 1 saturated carbocycles. The molecule has 3 rings (SSSR count). The lowest BCUT2D eigenvalue weighted by Crippen LogP contribution is -2.44. The van der Waals surface area contributed by atoms with Crippen LogP contribution in [0.5, 0.6) is 0 Å². The number of fused-ring (bicyclic) bond motifs is 1. The molecule has 1 aliphatic carbocycles. The van der Waals surface area contributed by atoms with Crippen LogP contribution in [0.15, 0.2) is 11.4 Å². The fourth-order valence-corrected chi connectivity index (χ4v) is 6.40. The van der Waals surface area contributed by atoms with Crippen LogP contribution in [0.3, 0.4) is 0 Å². The molecule has 116 valence electrons. The van der Waals surface area contributed by atoms with Gasteiger partial charge in [-0.05, 0) is 36.3 Å². The average Bonchev–Trinajstić information content (AvgIpc) is 3.14. The smallest absolute Gasteiger partial charge is 0.310 e. The van der Waals surface area contributed by atoms with Crippen molar-refractivity contribution in [2.45, 2.75) is 37.5 Å². The van der Waals surface area contributed by atoms with E-state index in [1.165, 1.54) is 12.0 Å². The number of hydrogen-bond acceptors (Lipinski definition) is 5. The Labute approximate surface area is 129 Å². The Hall–Kier alpha value is -0.920. The number of rotatable bonds is 3. The highest BCUT2D eigenvalue weighted by Gasteiger charge is 2.45. The Kier molecular flexibility index (Phi) is 4.07. The molecule has 2 unspecified atom stereocenters. The predicted octanol–water partition coefficient (Wildman–Crippen LogP) is 1.78. The first-order valence-corrected chi connectivity index (χ1v) is 9.54. The Morgan fingerprint density at radius 2 is 2.24 bits per heavy atom. The van der Waals surface area contributed by atoms with Crippen LogP contribution in [0.4, 0.5) is 0 Å². The van der Waals surface area contributed by atoms with E-state index >= 15 is 0 Å². The van der Waals surface area contributed by atoms with Crippen molar-refractivity contribution in [2.75, 3.05) is 13.7 Å². The molecule has 7 heteroatoms. The van der Waals surface area contributed by atoms with E-state index in [-0.39, 0.29) is 0 Å². The van der Waals surface area contributed by atoms with Crippen LogP contribution >= 0.6 is 11.3 Å². The summed E-state index contributed by atoms with van der Waals surface area (Å²) in [6.45, 7) is 0.950. The van der Waals surface area contributed by atoms with Crippen LogP contribution in [-0.4, -0.2) is 37.6 Å². The van der Waals surface area contributed by atoms with Gasteiger partial charge in [-0.15, -0.1) is 11.3 Å². The molecule has 0 amide bonds. The molecular weight excluding hydrogens is 310 g/mol. The van der Waals surface area contributed by atoms with Crippen molar-refractivity contribution in [3.05, 3.63) is 21.9 Å². The van der Waals surface area contributed by atoms with Crippen molar-refractivity contribution in [3.8, 4) is 0 Å². The van der Waals surface area contributed by atoms with Crippen LogP contribution in [0.25, 0.3) is 0 Å². The van der Waals surface area contributed by atoms with Gasteiger partial charge in [0.15, 0.2) is 0 Å². The van der Waals surface area contributed by atoms with Crippen LogP contribution in [0.1, 0.15) is 29.7 Å². The summed E-state index contributed by atoms with van der Waals surface area (Å²) in [5.41, 5.74) is 1.10. The van der Waals surface area contributed by atoms with Gasteiger partial charge in [0.25, 0.3) is 0 Å². The first kappa shape index (κ1) is 15.0. The van der Waals surface area contributed by atoms with E-state index in [9.17, 15) is 13.2 Å². The zero-order chi connectivity index (χ0) is 15.0. The van der Waals surface area contributed by atoms with Gasteiger partial charge in [0.1, 0.15) is 0 Å². The summed E-state index contributed by atoms with van der Waals surface area (Å²) in [6.07, 6.45) is 2.69. The van der Waals surface area contributed by atoms with Crippen LogP contribution in [-0.2, 0) is 32.5 Å². The lowest BCUT2D eigenvalue weighted by molar-refractivity contribution is -0.145. The maximum Gasteiger partial charge on any atom is 0.310 e. The van der Waals surface area contributed by atoms with E-state index in [1.54, 1.807) is 15.6 Å². The van der Waals surface area contributed by atoms with Gasteiger partial charge in [-0.3, -0.25) is 4.79 Å². The number of thiophene rings is 1. The number of esters is 1. The monoisotopic (exact) mass is 329 g/mol. The standard InChI is InChI=1S/C14H19NO4S2/c1-19-14(16)11-3-2-4-13(11)21(17,18)15-7-5-12-10(9-15)6-8-20-12/h6,8,11,13H,2-5,7,9H2,1H3. The van der Waals surface area contributed by atoms with Gasteiger partial charge < -0.3 is 4.74 Å². The van der Waals surface area contributed by atoms with Gasteiger partial charge in [0, 0.05) is 18.0 Å². The quantitative estimate of drug-likeness (QED) is 0.793. The van der Waals surface area contributed by atoms with Crippen molar-refractivity contribution in [3.63, 3.8) is 0 Å². The molecule has 1 aliphatic heterocycles. The van der Waals surface area contributed by atoms with E-state index in [4.69, 9.17) is 4.74 Å². The number of sulfonamides is 1. The topological polar surface area (TPSA) is 63.7 Å². The van der Waals surface area contributed by atoms with E-state index < -0.39 is 27.2 Å². The normalized spacial score (nSPS) is 26.5. The van der Waals surface area contributed by atoms with Crippen molar-refractivity contribution in [2.24, 2.45) is 5.92 Å². The van der Waals surface area contributed by atoms with E-state index in [0.717, 1.165) is 18.4 Å². The van der Waals surface area contributed by atoms with Crippen molar-refractivity contribution >= 4 is 27.3 Å². The maximum absolute atomic E-state index is 12.9. The number of ether oxygens (including phenoxy) is 1. The number of hydrogen-bond donors (Lipinski definition) is 0. The Morgan fingerprint density at radius 1 is 1.43 bits per heavy atom. The van der Waals surface area contributed by atoms with Crippen molar-refractivity contribution in [1.82, 2.24) is 4.31 Å². The van der Waals surface area contributed by atoms with Gasteiger partial charge in [-0.25, -0.2) is 8.42 Å². The molecule has 0 bridgehead atoms. The Bertz CT molecular complexity index is 637. The van der Waals surface area contributed by atoms with Crippen molar-refractivity contribution < 1.29 is 17.9 Å². The number of carbonyl (C=O) groups is 1. The summed E-state index contributed by atoms with van der Waals surface area (Å²) in [5.74, 6) is -0.904. The summed E-state index contributed by atoms with van der Waals surface area (Å²) in [7, 11) is -2.13. The summed E-state index contributed by atoms with van der Waals surface area (Å²) in [6, 6.07) is 1.99. The molecular formula is C14H19NO4S2. The van der Waals surface area contributed by atoms with E-state index in [2.05, 4.69) is 0 Å². The van der Waals surface area contributed by atoms with E-state index in [1.807, 2.05) is 11.4 Å². The van der Waals surface area contributed by atoms with Crippen LogP contribution in [0.2, 0.25) is 0 Å². The minimum atomic E-state index is -3.45. The van der Waals surface area contributed by atoms with Gasteiger partial charge in [-0.1, -0.05) is 6.42 Å². The Balaban J connectivity index is 1.82. The summed E-state index contributed by atoms with van der Waals surface area (Å²) in [5, 5.41) is 1.39. The zero-order valence-corrected chi connectivity index (χ0v) is 13.6. The molecule has 0 saturated heterocycles. The van der Waals surface area contributed by atoms with Crippen molar-refractivity contribution in [1.29, 1.82) is 0 Å². The minimum Gasteiger partial charge on any atom is -0.469 e. The summed E-state index contributed by atoms with van der Waals surface area (Å²) in [4.78, 5) is 13.1. The lowest BCUT2D eigenvalue weighted by Gasteiger charge is -2.30. The molecule has 2 aliphatic rings. The third kappa shape index (κ3) is 2.62. The molecule has 21 heavy (non-hydrogen) atoms. The highest BCUT2D eigenvalue weighted by molar-refractivity contribution is 7.89. The molecule has 0 spiro atoms. The maximum atomic E-state index is 12.9. The average molecular weight is 329 g/mol. The number of carbonyl (C=O) groups excluding carboxylic acids is 1. The second-order valence-corrected chi connectivity index (χ2v) is 8.75. The van der Waals surface area contributed by atoms with Gasteiger partial charge in [0.05, 0.1) is 18.3 Å². The molecule has 1 fully saturated rings. The van der Waals surface area contributed by atoms with Crippen LogP contribution in [0, 0.1) is 5.92 Å². The second-order valence-electron chi connectivity index (χ2n) is 5.60. The summed E-state index contributed by atoms with van der Waals surface area (Å²) >= 11 is 1.68. The zero-order valence-electron chi connectivity index (χ0n) is 11.9. The fourth-order valence-electron chi connectivity index (χ4n) is 3.33. The molecule has 0 N–H and O–H groups in total. The third-order valence-corrected chi connectivity index (χ3v) is 7.86. The first-order valence-electron chi connectivity index (χ1n) is 7.16. The molecule has 0 aromatic carbocycles. The van der Waals surface area contributed by atoms with Gasteiger partial charge >= 0.3 is 5.97 Å². The predicted molar refractivity (Wildman–Crippen MR) is 80.5 cm³/mol. The molecule has 1 aromatic rings. The largest absolute Gasteiger partial charge is 0.469 e. The minimum absolute atomic E-state index is 0.394. The first-order chi connectivity index (χ1) is 10.0. The molecule has 0 radical (unpaired) electrons. The SMILES string of the molecule is COC(=O)C1CCCC1S(=O)(=O)N1CCc2sccc2C1. The van der Waals surface area contributed by atoms with Crippen LogP contribution < -0.4 is 0 Å². The molecule has 2 heterocycles. The lowest BCUT2D eigenvalue weighted by atomic mass is 10.1. The number of nitrogens with zero attached hydrogens (tertiary/aromatic N) is 1. The van der Waals surface area contributed by atoms with Gasteiger partial charge in [0.2, 0.25) is 10.0 Å². The second kappa shape index (κ2) is 5.70. The number of methoxy groups -OCH3 is 1. The molecule has 2 atom stereocenters. The van der Waals surface area contributed by atoms with Gasteiger partial charge in [-0.2, -0.15) is 4.31 Å². The van der Waals surface area contributed by atoms with E-state index in [0.29, 0.717) is 25.9 Å². The highest BCUT2D eigenvalue weighted by Crippen LogP contribution is 2.36. The molecule has 1 aromatic heterocycles. The summed E-state index contributed by atoms with van der Waals surface area (Å²) < 4.78 is 32.1. The molecule has 5 nitrogen and oxygen atoms in total.